The molecule has 0 saturated heterocycles. The number of esters is 1. The van der Waals surface area contributed by atoms with Gasteiger partial charge in [-0.2, -0.15) is 0 Å². The number of ether oxygens (including phenoxy) is 1. The van der Waals surface area contributed by atoms with Crippen LogP contribution in [-0.2, 0) is 4.74 Å². The minimum Gasteiger partial charge on any atom is -0.462 e. The highest BCUT2D eigenvalue weighted by atomic mass is 79.9. The molecule has 1 heterocycles. The molecule has 0 radical (unpaired) electrons. The lowest BCUT2D eigenvalue weighted by molar-refractivity contribution is 0.0442. The summed E-state index contributed by atoms with van der Waals surface area (Å²) in [6.07, 6.45) is 6.50. The zero-order valence-electron chi connectivity index (χ0n) is 8.99. The van der Waals surface area contributed by atoms with Crippen molar-refractivity contribution in [2.45, 2.75) is 25.7 Å². The highest BCUT2D eigenvalue weighted by molar-refractivity contribution is 9.10. The van der Waals surface area contributed by atoms with Gasteiger partial charge in [0.2, 0.25) is 0 Å². The van der Waals surface area contributed by atoms with E-state index in [0.29, 0.717) is 22.7 Å². The number of carbonyl (C=O) groups excluding carboxylic acids is 1. The molecule has 0 atom stereocenters. The Morgan fingerprint density at radius 1 is 1.50 bits per heavy atom. The van der Waals surface area contributed by atoms with E-state index in [9.17, 15) is 4.79 Å². The van der Waals surface area contributed by atoms with Crippen molar-refractivity contribution < 1.29 is 9.53 Å². The molecule has 1 aromatic heterocycles. The molecule has 0 aliphatic heterocycles. The van der Waals surface area contributed by atoms with Crippen molar-refractivity contribution in [2.75, 3.05) is 6.61 Å². The number of hydrogen-bond donors (Lipinski definition) is 0. The van der Waals surface area contributed by atoms with Crippen LogP contribution in [0.4, 0.5) is 0 Å². The number of pyridine rings is 1. The van der Waals surface area contributed by atoms with Crippen LogP contribution in [0, 0.1) is 5.92 Å². The second kappa shape index (κ2) is 5.43. The first-order valence-corrected chi connectivity index (χ1v) is 6.33. The summed E-state index contributed by atoms with van der Waals surface area (Å²) in [7, 11) is 0. The molecule has 0 amide bonds. The van der Waals surface area contributed by atoms with E-state index in [4.69, 9.17) is 4.74 Å². The van der Waals surface area contributed by atoms with Gasteiger partial charge in [-0.05, 0) is 46.8 Å². The maximum Gasteiger partial charge on any atom is 0.338 e. The maximum atomic E-state index is 11.7. The van der Waals surface area contributed by atoms with Gasteiger partial charge in [0, 0.05) is 6.20 Å². The number of halogens is 1. The first-order valence-electron chi connectivity index (χ1n) is 5.54. The Labute approximate surface area is 103 Å². The summed E-state index contributed by atoms with van der Waals surface area (Å²) in [4.78, 5) is 15.7. The minimum absolute atomic E-state index is 0.255. The zero-order valence-corrected chi connectivity index (χ0v) is 10.6. The van der Waals surface area contributed by atoms with E-state index in [1.807, 2.05) is 0 Å². The number of nitrogens with zero attached hydrogens (tertiary/aromatic N) is 1. The van der Waals surface area contributed by atoms with Crippen molar-refractivity contribution in [3.63, 3.8) is 0 Å². The number of rotatable bonds is 3. The lowest BCUT2D eigenvalue weighted by Gasteiger charge is -2.09. The molecule has 0 spiro atoms. The first-order chi connectivity index (χ1) is 7.75. The molecule has 0 aromatic carbocycles. The van der Waals surface area contributed by atoms with Gasteiger partial charge in [-0.15, -0.1) is 0 Å². The summed E-state index contributed by atoms with van der Waals surface area (Å²) in [6.45, 7) is 0.554. The van der Waals surface area contributed by atoms with E-state index in [2.05, 4.69) is 20.9 Å². The Morgan fingerprint density at radius 3 is 2.94 bits per heavy atom. The van der Waals surface area contributed by atoms with E-state index in [1.165, 1.54) is 25.7 Å². The zero-order chi connectivity index (χ0) is 11.4. The maximum absolute atomic E-state index is 11.7. The summed E-state index contributed by atoms with van der Waals surface area (Å²) in [5.41, 5.74) is 0.555. The number of hydrogen-bond acceptors (Lipinski definition) is 3. The third-order valence-corrected chi connectivity index (χ3v) is 3.32. The van der Waals surface area contributed by atoms with Crippen LogP contribution in [0.15, 0.2) is 22.9 Å². The summed E-state index contributed by atoms with van der Waals surface area (Å²) in [5.74, 6) is 0.309. The topological polar surface area (TPSA) is 39.2 Å². The van der Waals surface area contributed by atoms with Gasteiger partial charge in [0.1, 0.15) is 4.60 Å². The van der Waals surface area contributed by atoms with E-state index in [0.717, 1.165) is 0 Å². The van der Waals surface area contributed by atoms with Crippen LogP contribution in [0.1, 0.15) is 36.0 Å². The SMILES string of the molecule is O=C(OCC1CCCC1)c1ccnc(Br)c1. The molecule has 0 bridgehead atoms. The van der Waals surface area contributed by atoms with Crippen LogP contribution < -0.4 is 0 Å². The average molecular weight is 284 g/mol. The smallest absolute Gasteiger partial charge is 0.338 e. The van der Waals surface area contributed by atoms with E-state index >= 15 is 0 Å². The summed E-state index contributed by atoms with van der Waals surface area (Å²) >= 11 is 3.23. The second-order valence-corrected chi connectivity index (χ2v) is 4.93. The number of aromatic nitrogens is 1. The molecule has 3 nitrogen and oxygen atoms in total. The summed E-state index contributed by atoms with van der Waals surface area (Å²) in [5, 5.41) is 0. The first kappa shape index (κ1) is 11.6. The predicted molar refractivity (Wildman–Crippen MR) is 64.2 cm³/mol. The second-order valence-electron chi connectivity index (χ2n) is 4.12. The van der Waals surface area contributed by atoms with Gasteiger partial charge >= 0.3 is 5.97 Å². The van der Waals surface area contributed by atoms with Crippen molar-refractivity contribution in [1.29, 1.82) is 0 Å². The van der Waals surface area contributed by atoms with Crippen molar-refractivity contribution in [1.82, 2.24) is 4.98 Å². The van der Waals surface area contributed by atoms with Gasteiger partial charge in [-0.25, -0.2) is 9.78 Å². The molecule has 0 N–H and O–H groups in total. The lowest BCUT2D eigenvalue weighted by Crippen LogP contribution is -2.12. The molecule has 1 aliphatic rings. The Balaban J connectivity index is 1.87. The molecular formula is C12H14BrNO2. The van der Waals surface area contributed by atoms with Crippen LogP contribution in [0.25, 0.3) is 0 Å². The van der Waals surface area contributed by atoms with E-state index in [1.54, 1.807) is 18.3 Å². The molecule has 1 aromatic rings. The van der Waals surface area contributed by atoms with Crippen molar-refractivity contribution in [3.05, 3.63) is 28.5 Å². The highest BCUT2D eigenvalue weighted by Crippen LogP contribution is 2.25. The van der Waals surface area contributed by atoms with Crippen molar-refractivity contribution in [2.24, 2.45) is 5.92 Å². The van der Waals surface area contributed by atoms with Gasteiger partial charge in [-0.3, -0.25) is 0 Å². The van der Waals surface area contributed by atoms with Crippen LogP contribution in [0.3, 0.4) is 0 Å². The molecule has 1 fully saturated rings. The van der Waals surface area contributed by atoms with Crippen LogP contribution in [-0.4, -0.2) is 17.6 Å². The fourth-order valence-electron chi connectivity index (χ4n) is 1.98. The molecule has 1 saturated carbocycles. The van der Waals surface area contributed by atoms with Crippen LogP contribution in [0.2, 0.25) is 0 Å². The molecule has 0 unspecified atom stereocenters. The summed E-state index contributed by atoms with van der Waals surface area (Å²) < 4.78 is 5.93. The fraction of sp³-hybridized carbons (Fsp3) is 0.500. The van der Waals surface area contributed by atoms with E-state index < -0.39 is 0 Å². The molecule has 16 heavy (non-hydrogen) atoms. The Kier molecular flexibility index (Phi) is 3.93. The van der Waals surface area contributed by atoms with Crippen LogP contribution >= 0.6 is 15.9 Å². The van der Waals surface area contributed by atoms with Gasteiger partial charge in [0.15, 0.2) is 0 Å². The normalized spacial score (nSPS) is 16.3. The van der Waals surface area contributed by atoms with Crippen molar-refractivity contribution >= 4 is 21.9 Å². The fourth-order valence-corrected chi connectivity index (χ4v) is 2.35. The average Bonchev–Trinajstić information content (AvgIpc) is 2.78. The highest BCUT2D eigenvalue weighted by Gasteiger charge is 2.17. The Morgan fingerprint density at radius 2 is 2.25 bits per heavy atom. The molecule has 86 valence electrons. The minimum atomic E-state index is -0.255. The van der Waals surface area contributed by atoms with E-state index in [-0.39, 0.29) is 5.97 Å². The third-order valence-electron chi connectivity index (χ3n) is 2.89. The molecule has 1 aliphatic carbocycles. The van der Waals surface area contributed by atoms with Gasteiger partial charge in [-0.1, -0.05) is 12.8 Å². The Hall–Kier alpha value is -0.900. The number of carbonyl (C=O) groups is 1. The predicted octanol–water partition coefficient (Wildman–Crippen LogP) is 3.19. The summed E-state index contributed by atoms with van der Waals surface area (Å²) in [6, 6.07) is 3.35. The molecule has 4 heteroatoms. The molecule has 2 rings (SSSR count). The largest absolute Gasteiger partial charge is 0.462 e. The third kappa shape index (κ3) is 3.04. The standard InChI is InChI=1S/C12H14BrNO2/c13-11-7-10(5-6-14-11)12(15)16-8-9-3-1-2-4-9/h5-7,9H,1-4,8H2. The van der Waals surface area contributed by atoms with Gasteiger partial charge in [0.05, 0.1) is 12.2 Å². The van der Waals surface area contributed by atoms with Gasteiger partial charge < -0.3 is 4.74 Å². The van der Waals surface area contributed by atoms with Gasteiger partial charge in [0.25, 0.3) is 0 Å². The monoisotopic (exact) mass is 283 g/mol. The Bertz CT molecular complexity index is 375. The quantitative estimate of drug-likeness (QED) is 0.632. The van der Waals surface area contributed by atoms with Crippen molar-refractivity contribution in [3.8, 4) is 0 Å². The molecular weight excluding hydrogens is 270 g/mol. The lowest BCUT2D eigenvalue weighted by atomic mass is 10.1. The van der Waals surface area contributed by atoms with Crippen LogP contribution in [0.5, 0.6) is 0 Å².